The summed E-state index contributed by atoms with van der Waals surface area (Å²) in [6, 6.07) is 33.0. The molecule has 0 fully saturated rings. The number of nitrogens with zero attached hydrogens (tertiary/aromatic N) is 3. The molecule has 0 aliphatic heterocycles. The molecule has 6 heteroatoms. The van der Waals surface area contributed by atoms with Crippen LogP contribution in [0.4, 0.5) is 0 Å². The van der Waals surface area contributed by atoms with Gasteiger partial charge in [0.2, 0.25) is 5.28 Å². The van der Waals surface area contributed by atoms with E-state index in [2.05, 4.69) is 121 Å². The summed E-state index contributed by atoms with van der Waals surface area (Å²) in [5.41, 5.74) is 3.70. The minimum absolute atomic E-state index is 0.0694. The lowest BCUT2D eigenvalue weighted by Gasteiger charge is -2.18. The van der Waals surface area contributed by atoms with Crippen LogP contribution in [0.2, 0.25) is 5.28 Å². The Morgan fingerprint density at radius 2 is 1.31 bits per heavy atom. The largest absolute Gasteiger partial charge is 0.292 e. The van der Waals surface area contributed by atoms with E-state index in [0.29, 0.717) is 0 Å². The first kappa shape index (κ1) is 24.6. The van der Waals surface area contributed by atoms with Gasteiger partial charge in [-0.2, -0.15) is 4.98 Å². The van der Waals surface area contributed by atoms with Crippen LogP contribution in [0, 0.1) is 0 Å². The van der Waals surface area contributed by atoms with E-state index in [4.69, 9.17) is 16.6 Å². The third kappa shape index (κ3) is 3.27. The molecule has 0 aliphatic rings. The lowest BCUT2D eigenvalue weighted by molar-refractivity contribution is 0.591. The number of fused-ring (bicyclic) bond motifs is 13. The standard InChI is InChI=1S/C36H24ClN3S2/c1-36(2,3)19-16-17-24-27(18-19)41-32-29(24)21-11-5-4-10-20(21)28-22-12-6-8-14-25(22)40(31(28)32)33-30-23-13-7-9-15-26(23)42-34(30)39-35(37)38-33/h4-18H,1-3H3. The van der Waals surface area contributed by atoms with Gasteiger partial charge in [-0.05, 0) is 51.6 Å². The van der Waals surface area contributed by atoms with Crippen LogP contribution in [0.15, 0.2) is 91.0 Å². The van der Waals surface area contributed by atoms with Gasteiger partial charge < -0.3 is 0 Å². The summed E-state index contributed by atoms with van der Waals surface area (Å²) in [6.07, 6.45) is 0. The minimum atomic E-state index is 0.0694. The van der Waals surface area contributed by atoms with Crippen molar-refractivity contribution in [1.82, 2.24) is 14.5 Å². The molecule has 4 aromatic heterocycles. The Morgan fingerprint density at radius 3 is 2.10 bits per heavy atom. The second-order valence-electron chi connectivity index (χ2n) is 12.0. The van der Waals surface area contributed by atoms with Gasteiger partial charge in [0.1, 0.15) is 4.83 Å². The van der Waals surface area contributed by atoms with E-state index in [1.54, 1.807) is 11.3 Å². The molecule has 0 bridgehead atoms. The van der Waals surface area contributed by atoms with Crippen molar-refractivity contribution in [2.24, 2.45) is 0 Å². The molecule has 42 heavy (non-hydrogen) atoms. The van der Waals surface area contributed by atoms with E-state index in [1.165, 1.54) is 57.5 Å². The highest BCUT2D eigenvalue weighted by Gasteiger charge is 2.25. The number of rotatable bonds is 1. The Balaban J connectivity index is 1.58. The fourth-order valence-electron chi connectivity index (χ4n) is 6.61. The van der Waals surface area contributed by atoms with Crippen molar-refractivity contribution < 1.29 is 0 Å². The molecule has 9 rings (SSSR count). The molecule has 3 nitrogen and oxygen atoms in total. The van der Waals surface area contributed by atoms with Crippen LogP contribution in [-0.2, 0) is 5.41 Å². The highest BCUT2D eigenvalue weighted by molar-refractivity contribution is 7.27. The molecule has 0 atom stereocenters. The smallest absolute Gasteiger partial charge is 0.225 e. The second kappa shape index (κ2) is 8.51. The van der Waals surface area contributed by atoms with Gasteiger partial charge in [-0.3, -0.25) is 4.57 Å². The van der Waals surface area contributed by atoms with Gasteiger partial charge in [-0.25, -0.2) is 4.98 Å². The van der Waals surface area contributed by atoms with Crippen molar-refractivity contribution in [3.63, 3.8) is 0 Å². The maximum Gasteiger partial charge on any atom is 0.225 e. The van der Waals surface area contributed by atoms with Gasteiger partial charge >= 0.3 is 0 Å². The van der Waals surface area contributed by atoms with Crippen LogP contribution in [0.25, 0.3) is 78.9 Å². The zero-order chi connectivity index (χ0) is 28.3. The van der Waals surface area contributed by atoms with Crippen LogP contribution in [0.5, 0.6) is 0 Å². The predicted molar refractivity (Wildman–Crippen MR) is 183 cm³/mol. The second-order valence-corrected chi connectivity index (χ2v) is 14.4. The SMILES string of the molecule is CC(C)(C)c1ccc2c(c1)sc1c2c2ccccc2c2c3ccccc3n(-c3nc(Cl)nc4sc5ccccc5c34)c12. The normalized spacial score (nSPS) is 12.8. The summed E-state index contributed by atoms with van der Waals surface area (Å²) in [6.45, 7) is 6.84. The fraction of sp³-hybridized carbons (Fsp3) is 0.111. The minimum Gasteiger partial charge on any atom is -0.292 e. The molecule has 0 radical (unpaired) electrons. The van der Waals surface area contributed by atoms with Gasteiger partial charge in [0.05, 0.1) is 21.1 Å². The maximum atomic E-state index is 6.68. The number of benzene rings is 5. The lowest BCUT2D eigenvalue weighted by atomic mass is 9.86. The molecule has 0 amide bonds. The van der Waals surface area contributed by atoms with Crippen molar-refractivity contribution in [3.8, 4) is 5.82 Å². The van der Waals surface area contributed by atoms with Gasteiger partial charge in [0.15, 0.2) is 5.82 Å². The Morgan fingerprint density at radius 1 is 0.643 bits per heavy atom. The average molecular weight is 598 g/mol. The van der Waals surface area contributed by atoms with E-state index in [-0.39, 0.29) is 10.7 Å². The Labute approximate surface area is 254 Å². The summed E-state index contributed by atoms with van der Waals surface area (Å²) >= 11 is 10.2. The molecule has 0 saturated heterocycles. The molecule has 0 aliphatic carbocycles. The lowest BCUT2D eigenvalue weighted by Crippen LogP contribution is -2.10. The number of aromatic nitrogens is 3. The molecule has 0 unspecified atom stereocenters. The third-order valence-electron chi connectivity index (χ3n) is 8.52. The molecule has 202 valence electrons. The summed E-state index contributed by atoms with van der Waals surface area (Å²) < 4.78 is 6.11. The Kier molecular flexibility index (Phi) is 4.98. The van der Waals surface area contributed by atoms with Crippen molar-refractivity contribution >= 4 is 107 Å². The van der Waals surface area contributed by atoms with E-state index in [1.807, 2.05) is 11.3 Å². The number of hydrogen-bond acceptors (Lipinski definition) is 4. The monoisotopic (exact) mass is 597 g/mol. The first-order valence-corrected chi connectivity index (χ1v) is 16.1. The molecule has 0 N–H and O–H groups in total. The molecule has 0 saturated carbocycles. The fourth-order valence-corrected chi connectivity index (χ4v) is 9.19. The first-order chi connectivity index (χ1) is 20.4. The number of halogens is 1. The van der Waals surface area contributed by atoms with E-state index >= 15 is 0 Å². The van der Waals surface area contributed by atoms with E-state index in [9.17, 15) is 0 Å². The molecule has 0 spiro atoms. The third-order valence-corrected chi connectivity index (χ3v) is 10.9. The topological polar surface area (TPSA) is 30.7 Å². The van der Waals surface area contributed by atoms with Crippen LogP contribution in [0.3, 0.4) is 0 Å². The predicted octanol–water partition coefficient (Wildman–Crippen LogP) is 11.4. The summed E-state index contributed by atoms with van der Waals surface area (Å²) in [5.74, 6) is 0.832. The maximum absolute atomic E-state index is 6.68. The van der Waals surface area contributed by atoms with Crippen LogP contribution in [0.1, 0.15) is 26.3 Å². The van der Waals surface area contributed by atoms with Gasteiger partial charge in [-0.1, -0.05) is 93.6 Å². The molecule has 9 aromatic rings. The number of para-hydroxylation sites is 1. The molecular weight excluding hydrogens is 574 g/mol. The first-order valence-electron chi connectivity index (χ1n) is 14.0. The van der Waals surface area contributed by atoms with Crippen molar-refractivity contribution in [2.75, 3.05) is 0 Å². The van der Waals surface area contributed by atoms with E-state index < -0.39 is 0 Å². The van der Waals surface area contributed by atoms with Gasteiger partial charge in [-0.15, -0.1) is 22.7 Å². The van der Waals surface area contributed by atoms with Gasteiger partial charge in [0.25, 0.3) is 0 Å². The summed E-state index contributed by atoms with van der Waals surface area (Å²) in [7, 11) is 0. The Bertz CT molecular complexity index is 2580. The average Bonchev–Trinajstić information content (AvgIpc) is 3.65. The highest BCUT2D eigenvalue weighted by atomic mass is 35.5. The van der Waals surface area contributed by atoms with Crippen LogP contribution in [-0.4, -0.2) is 14.5 Å². The molecule has 5 aromatic carbocycles. The van der Waals surface area contributed by atoms with Crippen LogP contribution < -0.4 is 0 Å². The number of thiophene rings is 2. The zero-order valence-corrected chi connectivity index (χ0v) is 25.6. The quantitative estimate of drug-likeness (QED) is 0.176. The van der Waals surface area contributed by atoms with Crippen LogP contribution >= 0.6 is 34.3 Å². The van der Waals surface area contributed by atoms with Crippen molar-refractivity contribution in [1.29, 1.82) is 0 Å². The molecular formula is C36H24ClN3S2. The molecule has 4 heterocycles. The highest BCUT2D eigenvalue weighted by Crippen LogP contribution is 2.49. The van der Waals surface area contributed by atoms with Crippen molar-refractivity contribution in [3.05, 3.63) is 102 Å². The number of hydrogen-bond donors (Lipinski definition) is 0. The van der Waals surface area contributed by atoms with E-state index in [0.717, 1.165) is 26.9 Å². The Hall–Kier alpha value is -4.03. The summed E-state index contributed by atoms with van der Waals surface area (Å²) in [4.78, 5) is 10.6. The summed E-state index contributed by atoms with van der Waals surface area (Å²) in [5, 5.41) is 10.0. The zero-order valence-electron chi connectivity index (χ0n) is 23.2. The van der Waals surface area contributed by atoms with Gasteiger partial charge in [0, 0.05) is 36.3 Å². The van der Waals surface area contributed by atoms with Crippen molar-refractivity contribution in [2.45, 2.75) is 26.2 Å².